The van der Waals surface area contributed by atoms with Gasteiger partial charge in [0.2, 0.25) is 0 Å². The fourth-order valence-electron chi connectivity index (χ4n) is 1.89. The molecule has 0 saturated carbocycles. The van der Waals surface area contributed by atoms with Crippen LogP contribution in [0.3, 0.4) is 0 Å². The van der Waals surface area contributed by atoms with Crippen LogP contribution in [0.1, 0.15) is 15.9 Å². The van der Waals surface area contributed by atoms with E-state index in [0.717, 1.165) is 11.0 Å². The largest absolute Gasteiger partial charge is 0.396 e. The third-order valence-corrected chi connectivity index (χ3v) is 3.03. The van der Waals surface area contributed by atoms with Gasteiger partial charge >= 0.3 is 0 Å². The second-order valence-electron chi connectivity index (χ2n) is 4.61. The first-order valence-electron chi connectivity index (χ1n) is 6.13. The minimum absolute atomic E-state index is 0.0395. The van der Waals surface area contributed by atoms with Gasteiger partial charge in [-0.15, -0.1) is 0 Å². The van der Waals surface area contributed by atoms with Gasteiger partial charge in [0.15, 0.2) is 0 Å². The summed E-state index contributed by atoms with van der Waals surface area (Å²) in [6, 6.07) is 7.44. The summed E-state index contributed by atoms with van der Waals surface area (Å²) in [6.07, 6.45) is 0. The average Bonchev–Trinajstić information content (AvgIpc) is 2.44. The molecule has 0 unspecified atom stereocenters. The van der Waals surface area contributed by atoms with E-state index in [0.29, 0.717) is 11.6 Å². The standard InChI is InChI=1S/C15H13F3N2O/c1-20(8-9-4-2-3-5-11(9)16)15(21)10-6-14(19)13(18)7-12(10)17/h2-7H,8,19H2,1H3. The second-order valence-corrected chi connectivity index (χ2v) is 4.61. The lowest BCUT2D eigenvalue weighted by molar-refractivity contribution is 0.0779. The number of nitrogen functional groups attached to an aromatic ring is 1. The van der Waals surface area contributed by atoms with Crippen LogP contribution < -0.4 is 5.73 Å². The summed E-state index contributed by atoms with van der Waals surface area (Å²) < 4.78 is 40.3. The van der Waals surface area contributed by atoms with Crippen molar-refractivity contribution in [3.63, 3.8) is 0 Å². The number of anilines is 1. The summed E-state index contributed by atoms with van der Waals surface area (Å²) in [4.78, 5) is 13.3. The Labute approximate surface area is 119 Å². The van der Waals surface area contributed by atoms with Crippen LogP contribution in [0.2, 0.25) is 0 Å². The fourth-order valence-corrected chi connectivity index (χ4v) is 1.89. The second kappa shape index (κ2) is 5.87. The predicted octanol–water partition coefficient (Wildman–Crippen LogP) is 2.96. The predicted molar refractivity (Wildman–Crippen MR) is 73.0 cm³/mol. The lowest BCUT2D eigenvalue weighted by Crippen LogP contribution is -2.27. The number of hydrogen-bond donors (Lipinski definition) is 1. The topological polar surface area (TPSA) is 46.3 Å². The maximum absolute atomic E-state index is 13.6. The van der Waals surface area contributed by atoms with E-state index in [1.54, 1.807) is 6.07 Å². The minimum Gasteiger partial charge on any atom is -0.396 e. The third-order valence-electron chi connectivity index (χ3n) is 3.03. The molecule has 110 valence electrons. The maximum Gasteiger partial charge on any atom is 0.256 e. The molecule has 0 saturated heterocycles. The van der Waals surface area contributed by atoms with Crippen LogP contribution in [-0.4, -0.2) is 17.9 Å². The number of nitrogens with zero attached hydrogens (tertiary/aromatic N) is 1. The van der Waals surface area contributed by atoms with E-state index in [1.165, 1.54) is 25.2 Å². The van der Waals surface area contributed by atoms with Crippen molar-refractivity contribution in [1.29, 1.82) is 0 Å². The summed E-state index contributed by atoms with van der Waals surface area (Å²) in [5.74, 6) is -3.11. The molecule has 2 rings (SSSR count). The average molecular weight is 294 g/mol. The zero-order chi connectivity index (χ0) is 15.6. The van der Waals surface area contributed by atoms with Gasteiger partial charge in [0, 0.05) is 25.2 Å². The van der Waals surface area contributed by atoms with Gasteiger partial charge in [-0.1, -0.05) is 18.2 Å². The summed E-state index contributed by atoms with van der Waals surface area (Å²) in [5.41, 5.74) is 4.95. The first kappa shape index (κ1) is 14.9. The van der Waals surface area contributed by atoms with Gasteiger partial charge in [-0.25, -0.2) is 13.2 Å². The molecule has 0 atom stereocenters. The molecule has 2 aromatic rings. The number of amides is 1. The normalized spacial score (nSPS) is 10.5. The Balaban J connectivity index is 2.24. The Hall–Kier alpha value is -2.50. The van der Waals surface area contributed by atoms with E-state index in [4.69, 9.17) is 5.73 Å². The Morgan fingerprint density at radius 2 is 1.76 bits per heavy atom. The van der Waals surface area contributed by atoms with Crippen molar-refractivity contribution in [3.05, 3.63) is 65.0 Å². The molecule has 0 bridgehead atoms. The zero-order valence-corrected chi connectivity index (χ0v) is 11.2. The van der Waals surface area contributed by atoms with Crippen molar-refractivity contribution < 1.29 is 18.0 Å². The maximum atomic E-state index is 13.6. The molecular weight excluding hydrogens is 281 g/mol. The van der Waals surface area contributed by atoms with Crippen molar-refractivity contribution in [1.82, 2.24) is 4.90 Å². The van der Waals surface area contributed by atoms with Crippen molar-refractivity contribution in [2.45, 2.75) is 6.54 Å². The molecule has 6 heteroatoms. The van der Waals surface area contributed by atoms with Crippen LogP contribution in [0.5, 0.6) is 0 Å². The number of carbonyl (C=O) groups is 1. The van der Waals surface area contributed by atoms with Gasteiger partial charge in [-0.3, -0.25) is 4.79 Å². The molecular formula is C15H13F3N2O. The van der Waals surface area contributed by atoms with E-state index in [9.17, 15) is 18.0 Å². The number of carbonyl (C=O) groups excluding carboxylic acids is 1. The van der Waals surface area contributed by atoms with E-state index in [1.807, 2.05) is 0 Å². The van der Waals surface area contributed by atoms with E-state index in [2.05, 4.69) is 0 Å². The molecule has 1 amide bonds. The van der Waals surface area contributed by atoms with Gasteiger partial charge in [-0.2, -0.15) is 0 Å². The minimum atomic E-state index is -1.01. The first-order chi connectivity index (χ1) is 9.90. The van der Waals surface area contributed by atoms with Crippen LogP contribution in [0.15, 0.2) is 36.4 Å². The fraction of sp³-hybridized carbons (Fsp3) is 0.133. The van der Waals surface area contributed by atoms with Gasteiger partial charge in [0.25, 0.3) is 5.91 Å². The van der Waals surface area contributed by atoms with Crippen molar-refractivity contribution in [2.75, 3.05) is 12.8 Å². The van der Waals surface area contributed by atoms with Crippen molar-refractivity contribution in [3.8, 4) is 0 Å². The molecule has 0 aliphatic carbocycles. The molecule has 3 nitrogen and oxygen atoms in total. The molecule has 0 heterocycles. The lowest BCUT2D eigenvalue weighted by atomic mass is 10.1. The molecule has 0 fully saturated rings. The molecule has 0 spiro atoms. The molecule has 2 N–H and O–H groups in total. The number of nitrogens with two attached hydrogens (primary N) is 1. The van der Waals surface area contributed by atoms with Gasteiger partial charge in [-0.05, 0) is 12.1 Å². The highest BCUT2D eigenvalue weighted by Gasteiger charge is 2.19. The van der Waals surface area contributed by atoms with Crippen LogP contribution in [0.4, 0.5) is 18.9 Å². The van der Waals surface area contributed by atoms with Crippen molar-refractivity contribution in [2.24, 2.45) is 0 Å². The summed E-state index contributed by atoms with van der Waals surface area (Å²) >= 11 is 0. The monoisotopic (exact) mass is 294 g/mol. The number of hydrogen-bond acceptors (Lipinski definition) is 2. The SMILES string of the molecule is CN(Cc1ccccc1F)C(=O)c1cc(N)c(F)cc1F. The highest BCUT2D eigenvalue weighted by atomic mass is 19.1. The highest BCUT2D eigenvalue weighted by Crippen LogP contribution is 2.19. The Morgan fingerprint density at radius 1 is 1.10 bits per heavy atom. The van der Waals surface area contributed by atoms with Crippen molar-refractivity contribution >= 4 is 11.6 Å². The first-order valence-corrected chi connectivity index (χ1v) is 6.13. The summed E-state index contributed by atoms with van der Waals surface area (Å²) in [5, 5.41) is 0. The summed E-state index contributed by atoms with van der Waals surface area (Å²) in [6.45, 7) is -0.0395. The van der Waals surface area contributed by atoms with Crippen LogP contribution >= 0.6 is 0 Å². The third kappa shape index (κ3) is 3.16. The van der Waals surface area contributed by atoms with E-state index >= 15 is 0 Å². The zero-order valence-electron chi connectivity index (χ0n) is 11.2. The Morgan fingerprint density at radius 3 is 2.43 bits per heavy atom. The van der Waals surface area contributed by atoms with E-state index in [-0.39, 0.29) is 17.8 Å². The lowest BCUT2D eigenvalue weighted by Gasteiger charge is -2.18. The number of benzene rings is 2. The highest BCUT2D eigenvalue weighted by molar-refractivity contribution is 5.95. The van der Waals surface area contributed by atoms with E-state index < -0.39 is 23.4 Å². The summed E-state index contributed by atoms with van der Waals surface area (Å²) in [7, 11) is 1.40. The quantitative estimate of drug-likeness (QED) is 0.885. The molecule has 0 radical (unpaired) electrons. The molecule has 0 aromatic heterocycles. The van der Waals surface area contributed by atoms with Crippen LogP contribution in [0, 0.1) is 17.5 Å². The molecule has 21 heavy (non-hydrogen) atoms. The number of halogens is 3. The smallest absolute Gasteiger partial charge is 0.256 e. The Kier molecular flexibility index (Phi) is 4.16. The van der Waals surface area contributed by atoms with Gasteiger partial charge in [0.05, 0.1) is 11.3 Å². The van der Waals surface area contributed by atoms with Crippen LogP contribution in [-0.2, 0) is 6.54 Å². The van der Waals surface area contributed by atoms with Crippen LogP contribution in [0.25, 0.3) is 0 Å². The molecule has 0 aliphatic rings. The molecule has 2 aromatic carbocycles. The molecule has 0 aliphatic heterocycles. The van der Waals surface area contributed by atoms with Gasteiger partial charge in [0.1, 0.15) is 17.5 Å². The Bertz CT molecular complexity index is 689. The van der Waals surface area contributed by atoms with Gasteiger partial charge < -0.3 is 10.6 Å². The number of rotatable bonds is 3.